The van der Waals surface area contributed by atoms with E-state index in [1.807, 2.05) is 31.2 Å². The zero-order valence-corrected chi connectivity index (χ0v) is 18.0. The largest absolute Gasteiger partial charge is 0.396 e. The van der Waals surface area contributed by atoms with E-state index in [2.05, 4.69) is 9.97 Å². The molecule has 0 fully saturated rings. The van der Waals surface area contributed by atoms with E-state index < -0.39 is 11.2 Å². The smallest absolute Gasteiger partial charge is 0.332 e. The summed E-state index contributed by atoms with van der Waals surface area (Å²) in [6.07, 6.45) is 1.86. The minimum Gasteiger partial charge on any atom is -0.396 e. The van der Waals surface area contributed by atoms with E-state index in [1.54, 1.807) is 29.9 Å². The number of hydrogen-bond donors (Lipinski definition) is 1. The van der Waals surface area contributed by atoms with Crippen LogP contribution in [0.15, 0.2) is 52.2 Å². The van der Waals surface area contributed by atoms with Gasteiger partial charge in [-0.25, -0.2) is 9.78 Å². The van der Waals surface area contributed by atoms with Crippen molar-refractivity contribution in [1.29, 1.82) is 0 Å². The molecule has 0 bridgehead atoms. The molecule has 8 nitrogen and oxygen atoms in total. The highest BCUT2D eigenvalue weighted by molar-refractivity contribution is 6.30. The van der Waals surface area contributed by atoms with Gasteiger partial charge in [0.15, 0.2) is 11.2 Å². The number of hydrogen-bond acceptors (Lipinski definition) is 5. The molecule has 3 aromatic heterocycles. The number of halogens is 1. The van der Waals surface area contributed by atoms with Crippen molar-refractivity contribution in [2.75, 3.05) is 6.61 Å². The molecule has 0 radical (unpaired) electrons. The predicted molar refractivity (Wildman–Crippen MR) is 119 cm³/mol. The molecule has 4 aromatic rings. The molecule has 0 aliphatic carbocycles. The van der Waals surface area contributed by atoms with Crippen LogP contribution in [0.25, 0.3) is 22.6 Å². The summed E-state index contributed by atoms with van der Waals surface area (Å²) in [5, 5.41) is 9.70. The number of fused-ring (bicyclic) bond motifs is 1. The van der Waals surface area contributed by atoms with E-state index in [0.717, 1.165) is 15.7 Å². The number of nitrogens with zero attached hydrogens (tertiary/aromatic N) is 5. The molecule has 0 aliphatic heterocycles. The summed E-state index contributed by atoms with van der Waals surface area (Å²) in [7, 11) is 1.59. The summed E-state index contributed by atoms with van der Waals surface area (Å²) in [6, 6.07) is 11.3. The summed E-state index contributed by atoms with van der Waals surface area (Å²) in [6.45, 7) is 2.28. The summed E-state index contributed by atoms with van der Waals surface area (Å²) >= 11 is 5.97. The Labute approximate surface area is 183 Å². The van der Waals surface area contributed by atoms with Crippen molar-refractivity contribution in [3.8, 4) is 11.4 Å². The van der Waals surface area contributed by atoms with Crippen molar-refractivity contribution in [3.05, 3.63) is 79.7 Å². The fourth-order valence-corrected chi connectivity index (χ4v) is 3.73. The standard InChI is InChI=1S/C22H22ClN5O3/c1-14-5-3-6-15(11-14)19-25-20-18(28(19)13-17-8-7-16(23)12-24-17)21(30)27(9-4-10-29)22(31)26(20)2/h3,5-8,11-12,29H,4,9-10,13H2,1-2H3. The second-order valence-electron chi connectivity index (χ2n) is 7.41. The fourth-order valence-electron chi connectivity index (χ4n) is 3.62. The lowest BCUT2D eigenvalue weighted by atomic mass is 10.1. The third-order valence-corrected chi connectivity index (χ3v) is 5.38. The van der Waals surface area contributed by atoms with E-state index in [-0.39, 0.29) is 19.7 Å². The van der Waals surface area contributed by atoms with Crippen LogP contribution >= 0.6 is 11.6 Å². The number of aliphatic hydroxyl groups excluding tert-OH is 1. The van der Waals surface area contributed by atoms with E-state index in [1.165, 1.54) is 4.57 Å². The predicted octanol–water partition coefficient (Wildman–Crippen LogP) is 2.35. The molecule has 3 heterocycles. The number of rotatable bonds is 6. The number of benzene rings is 1. The molecule has 1 N–H and O–H groups in total. The zero-order chi connectivity index (χ0) is 22.1. The Bertz CT molecular complexity index is 1370. The van der Waals surface area contributed by atoms with Crippen LogP contribution in [-0.2, 0) is 20.1 Å². The molecule has 0 aliphatic rings. The Morgan fingerprint density at radius 3 is 2.61 bits per heavy atom. The van der Waals surface area contributed by atoms with Gasteiger partial charge in [0.25, 0.3) is 5.56 Å². The van der Waals surface area contributed by atoms with Crippen LogP contribution in [-0.4, -0.2) is 35.4 Å². The molecular formula is C22H22ClN5O3. The topological polar surface area (TPSA) is 94.9 Å². The lowest BCUT2D eigenvalue weighted by molar-refractivity contribution is 0.277. The van der Waals surface area contributed by atoms with Gasteiger partial charge in [-0.2, -0.15) is 0 Å². The molecule has 0 saturated carbocycles. The number of pyridine rings is 1. The average molecular weight is 440 g/mol. The third kappa shape index (κ3) is 3.92. The molecular weight excluding hydrogens is 418 g/mol. The first-order valence-corrected chi connectivity index (χ1v) is 10.3. The highest BCUT2D eigenvalue weighted by Gasteiger charge is 2.21. The molecule has 0 unspecified atom stereocenters. The van der Waals surface area contributed by atoms with Gasteiger partial charge in [-0.05, 0) is 31.5 Å². The Morgan fingerprint density at radius 1 is 1.13 bits per heavy atom. The van der Waals surface area contributed by atoms with E-state index >= 15 is 0 Å². The SMILES string of the molecule is Cc1cccc(-c2nc3c(c(=O)n(CCCO)c(=O)n3C)n2Cc2ccc(Cl)cn2)c1. The summed E-state index contributed by atoms with van der Waals surface area (Å²) in [5.41, 5.74) is 2.30. The normalized spacial score (nSPS) is 11.4. The Balaban J connectivity index is 2.03. The Kier molecular flexibility index (Phi) is 5.75. The number of aromatic nitrogens is 5. The first-order valence-electron chi connectivity index (χ1n) is 9.89. The van der Waals surface area contributed by atoms with Crippen molar-refractivity contribution in [3.63, 3.8) is 0 Å². The lowest BCUT2D eigenvalue weighted by Crippen LogP contribution is -2.40. The summed E-state index contributed by atoms with van der Waals surface area (Å²) in [5.74, 6) is 0.572. The van der Waals surface area contributed by atoms with Crippen LogP contribution in [0.5, 0.6) is 0 Å². The van der Waals surface area contributed by atoms with Gasteiger partial charge in [0.2, 0.25) is 0 Å². The Morgan fingerprint density at radius 2 is 1.94 bits per heavy atom. The third-order valence-electron chi connectivity index (χ3n) is 5.16. The highest BCUT2D eigenvalue weighted by atomic mass is 35.5. The van der Waals surface area contributed by atoms with Gasteiger partial charge in [0.05, 0.1) is 17.3 Å². The van der Waals surface area contributed by atoms with Crippen LogP contribution in [0.2, 0.25) is 5.02 Å². The quantitative estimate of drug-likeness (QED) is 0.497. The van der Waals surface area contributed by atoms with E-state index in [0.29, 0.717) is 34.1 Å². The zero-order valence-electron chi connectivity index (χ0n) is 17.2. The van der Waals surface area contributed by atoms with Crippen LogP contribution < -0.4 is 11.2 Å². The van der Waals surface area contributed by atoms with Gasteiger partial charge in [-0.15, -0.1) is 0 Å². The maximum absolute atomic E-state index is 13.3. The van der Waals surface area contributed by atoms with Crippen LogP contribution in [0, 0.1) is 6.92 Å². The molecule has 31 heavy (non-hydrogen) atoms. The monoisotopic (exact) mass is 439 g/mol. The van der Waals surface area contributed by atoms with E-state index in [9.17, 15) is 14.7 Å². The van der Waals surface area contributed by atoms with Crippen molar-refractivity contribution in [1.82, 2.24) is 23.7 Å². The lowest BCUT2D eigenvalue weighted by Gasteiger charge is -2.11. The molecule has 4 rings (SSSR count). The fraction of sp³-hybridized carbons (Fsp3) is 0.273. The number of aryl methyl sites for hydroxylation is 2. The van der Waals surface area contributed by atoms with Gasteiger partial charge < -0.3 is 9.67 Å². The van der Waals surface area contributed by atoms with Crippen molar-refractivity contribution in [2.45, 2.75) is 26.4 Å². The summed E-state index contributed by atoms with van der Waals surface area (Å²) in [4.78, 5) is 35.2. The first kappa shape index (κ1) is 21.0. The molecule has 9 heteroatoms. The minimum atomic E-state index is -0.462. The average Bonchev–Trinajstić information content (AvgIpc) is 3.13. The maximum Gasteiger partial charge on any atom is 0.332 e. The first-order chi connectivity index (χ1) is 14.9. The van der Waals surface area contributed by atoms with E-state index in [4.69, 9.17) is 11.6 Å². The number of aliphatic hydroxyl groups is 1. The van der Waals surface area contributed by atoms with Gasteiger partial charge in [0, 0.05) is 32.0 Å². The van der Waals surface area contributed by atoms with Crippen molar-refractivity contribution < 1.29 is 5.11 Å². The maximum atomic E-state index is 13.3. The van der Waals surface area contributed by atoms with Crippen LogP contribution in [0.4, 0.5) is 0 Å². The Hall–Kier alpha value is -3.23. The second kappa shape index (κ2) is 8.49. The highest BCUT2D eigenvalue weighted by Crippen LogP contribution is 2.24. The molecule has 0 amide bonds. The number of imidazole rings is 1. The van der Waals surface area contributed by atoms with Gasteiger partial charge in [0.1, 0.15) is 5.82 Å². The van der Waals surface area contributed by atoms with Crippen LogP contribution in [0.1, 0.15) is 17.7 Å². The molecule has 0 atom stereocenters. The minimum absolute atomic E-state index is 0.115. The van der Waals surface area contributed by atoms with Crippen LogP contribution in [0.3, 0.4) is 0 Å². The van der Waals surface area contributed by atoms with Gasteiger partial charge >= 0.3 is 5.69 Å². The second-order valence-corrected chi connectivity index (χ2v) is 7.84. The van der Waals surface area contributed by atoms with Crippen molar-refractivity contribution >= 4 is 22.8 Å². The molecule has 0 saturated heterocycles. The van der Waals surface area contributed by atoms with Crippen molar-refractivity contribution in [2.24, 2.45) is 7.05 Å². The summed E-state index contributed by atoms with van der Waals surface area (Å²) < 4.78 is 4.31. The molecule has 160 valence electrons. The molecule has 1 aromatic carbocycles. The van der Waals surface area contributed by atoms with Gasteiger partial charge in [-0.3, -0.25) is 18.9 Å². The molecule has 0 spiro atoms. The van der Waals surface area contributed by atoms with Gasteiger partial charge in [-0.1, -0.05) is 35.4 Å².